The summed E-state index contributed by atoms with van der Waals surface area (Å²) in [6.45, 7) is 7.51. The first-order chi connectivity index (χ1) is 7.78. The average molecular weight is 236 g/mol. The molecule has 4 nitrogen and oxygen atoms in total. The number of carbonyl (C=O) groups is 1. The molecular formula is C13H20N2O2. The first kappa shape index (κ1) is 13.4. The van der Waals surface area contributed by atoms with Crippen LogP contribution in [0.3, 0.4) is 0 Å². The molecule has 0 saturated carbocycles. The van der Waals surface area contributed by atoms with Gasteiger partial charge in [0.05, 0.1) is 5.69 Å². The molecule has 0 radical (unpaired) electrons. The van der Waals surface area contributed by atoms with Crippen molar-refractivity contribution >= 4 is 11.8 Å². The number of nitrogens with one attached hydrogen (secondary N) is 1. The molecule has 1 rings (SSSR count). The number of rotatable bonds is 2. The molecule has 4 heteroatoms. The molecule has 0 aromatic heterocycles. The molecule has 1 aromatic rings. The van der Waals surface area contributed by atoms with Gasteiger partial charge in [-0.25, -0.2) is 10.2 Å². The summed E-state index contributed by atoms with van der Waals surface area (Å²) >= 11 is 0. The summed E-state index contributed by atoms with van der Waals surface area (Å²) in [5.74, 6) is 0. The maximum atomic E-state index is 11.5. The highest BCUT2D eigenvalue weighted by Gasteiger charge is 2.17. The number of aryl methyl sites for hydroxylation is 1. The summed E-state index contributed by atoms with van der Waals surface area (Å²) in [5.41, 5.74) is 4.24. The minimum absolute atomic E-state index is 0.458. The second-order valence-corrected chi connectivity index (χ2v) is 5.01. The molecule has 0 aliphatic heterocycles. The molecule has 1 N–H and O–H groups in total. The third-order valence-electron chi connectivity index (χ3n) is 2.08. The lowest BCUT2D eigenvalue weighted by Crippen LogP contribution is -2.42. The lowest BCUT2D eigenvalue weighted by atomic mass is 10.2. The van der Waals surface area contributed by atoms with Crippen LogP contribution in [0.15, 0.2) is 24.3 Å². The third kappa shape index (κ3) is 4.76. The molecular weight excluding hydrogens is 216 g/mol. The lowest BCUT2D eigenvalue weighted by molar-refractivity contribution is 0.0524. The van der Waals surface area contributed by atoms with Gasteiger partial charge in [-0.05, 0) is 39.8 Å². The summed E-state index contributed by atoms with van der Waals surface area (Å²) < 4.78 is 5.16. The number of hydrazine groups is 1. The molecule has 0 bridgehead atoms. The van der Waals surface area contributed by atoms with Crippen molar-refractivity contribution in [3.63, 3.8) is 0 Å². The number of nitrogens with zero attached hydrogens (tertiary/aromatic N) is 1. The quantitative estimate of drug-likeness (QED) is 0.803. The van der Waals surface area contributed by atoms with Crippen molar-refractivity contribution in [3.8, 4) is 0 Å². The monoisotopic (exact) mass is 236 g/mol. The van der Waals surface area contributed by atoms with E-state index >= 15 is 0 Å². The summed E-state index contributed by atoms with van der Waals surface area (Å²) in [6.07, 6.45) is -0.458. The molecule has 0 spiro atoms. The molecule has 0 aliphatic rings. The van der Waals surface area contributed by atoms with Crippen LogP contribution in [0, 0.1) is 6.92 Å². The molecule has 17 heavy (non-hydrogen) atoms. The molecule has 0 heterocycles. The van der Waals surface area contributed by atoms with Gasteiger partial charge in [-0.15, -0.1) is 0 Å². The highest BCUT2D eigenvalue weighted by atomic mass is 16.6. The number of hydrogen-bond donors (Lipinski definition) is 1. The SMILES string of the molecule is Cc1ccc(N(C)NC(=O)OC(C)(C)C)cc1. The van der Waals surface area contributed by atoms with Crippen LogP contribution in [-0.2, 0) is 4.74 Å². The van der Waals surface area contributed by atoms with Crippen LogP contribution in [0.5, 0.6) is 0 Å². The Morgan fingerprint density at radius 2 is 1.76 bits per heavy atom. The van der Waals surface area contributed by atoms with Gasteiger partial charge >= 0.3 is 6.09 Å². The van der Waals surface area contributed by atoms with Crippen molar-refractivity contribution in [2.75, 3.05) is 12.1 Å². The van der Waals surface area contributed by atoms with E-state index in [1.807, 2.05) is 52.0 Å². The van der Waals surface area contributed by atoms with Gasteiger partial charge in [0.25, 0.3) is 0 Å². The fourth-order valence-electron chi connectivity index (χ4n) is 1.27. The predicted octanol–water partition coefficient (Wildman–Crippen LogP) is 2.87. The van der Waals surface area contributed by atoms with Crippen molar-refractivity contribution < 1.29 is 9.53 Å². The Bertz CT molecular complexity index is 379. The van der Waals surface area contributed by atoms with Crippen molar-refractivity contribution in [3.05, 3.63) is 29.8 Å². The van der Waals surface area contributed by atoms with Crippen molar-refractivity contribution in [2.24, 2.45) is 0 Å². The van der Waals surface area contributed by atoms with Gasteiger partial charge in [-0.1, -0.05) is 17.7 Å². The Hall–Kier alpha value is -1.71. The zero-order valence-electron chi connectivity index (χ0n) is 11.1. The zero-order valence-corrected chi connectivity index (χ0v) is 11.1. The van der Waals surface area contributed by atoms with E-state index in [1.54, 1.807) is 12.1 Å². The summed E-state index contributed by atoms with van der Waals surface area (Å²) in [6, 6.07) is 7.85. The fourth-order valence-corrected chi connectivity index (χ4v) is 1.27. The number of anilines is 1. The minimum atomic E-state index is -0.488. The summed E-state index contributed by atoms with van der Waals surface area (Å²) in [7, 11) is 1.77. The van der Waals surface area contributed by atoms with Gasteiger partial charge in [0, 0.05) is 7.05 Å². The molecule has 1 aromatic carbocycles. The lowest BCUT2D eigenvalue weighted by Gasteiger charge is -2.24. The van der Waals surface area contributed by atoms with Crippen LogP contribution in [0.4, 0.5) is 10.5 Å². The van der Waals surface area contributed by atoms with Gasteiger partial charge < -0.3 is 4.74 Å². The molecule has 0 unspecified atom stereocenters. The van der Waals surface area contributed by atoms with Crippen LogP contribution >= 0.6 is 0 Å². The highest BCUT2D eigenvalue weighted by molar-refractivity contribution is 5.70. The van der Waals surface area contributed by atoms with Gasteiger partial charge in [0.15, 0.2) is 0 Å². The zero-order chi connectivity index (χ0) is 13.1. The normalized spacial score (nSPS) is 10.9. The summed E-state index contributed by atoms with van der Waals surface area (Å²) in [4.78, 5) is 11.5. The van der Waals surface area contributed by atoms with Crippen LogP contribution in [0.25, 0.3) is 0 Å². The topological polar surface area (TPSA) is 41.6 Å². The number of amides is 1. The largest absolute Gasteiger partial charge is 0.443 e. The van der Waals surface area contributed by atoms with Gasteiger partial charge in [-0.2, -0.15) is 0 Å². The van der Waals surface area contributed by atoms with Gasteiger partial charge in [0.1, 0.15) is 5.60 Å². The number of hydrogen-bond acceptors (Lipinski definition) is 3. The third-order valence-corrected chi connectivity index (χ3v) is 2.08. The number of benzene rings is 1. The van der Waals surface area contributed by atoms with E-state index in [0.29, 0.717) is 0 Å². The molecule has 0 saturated heterocycles. The maximum absolute atomic E-state index is 11.5. The molecule has 1 amide bonds. The van der Waals surface area contributed by atoms with Crippen molar-refractivity contribution in [2.45, 2.75) is 33.3 Å². The smallest absolute Gasteiger partial charge is 0.426 e. The Morgan fingerprint density at radius 1 is 1.24 bits per heavy atom. The maximum Gasteiger partial charge on any atom is 0.426 e. The van der Waals surface area contributed by atoms with E-state index in [4.69, 9.17) is 4.74 Å². The van der Waals surface area contributed by atoms with E-state index in [9.17, 15) is 4.79 Å². The average Bonchev–Trinajstić information content (AvgIpc) is 2.15. The van der Waals surface area contributed by atoms with Crippen LogP contribution in [0.1, 0.15) is 26.3 Å². The van der Waals surface area contributed by atoms with Gasteiger partial charge in [0.2, 0.25) is 0 Å². The summed E-state index contributed by atoms with van der Waals surface area (Å²) in [5, 5.41) is 1.63. The highest BCUT2D eigenvalue weighted by Crippen LogP contribution is 2.12. The predicted molar refractivity (Wildman–Crippen MR) is 69.0 cm³/mol. The Morgan fingerprint density at radius 3 is 2.24 bits per heavy atom. The van der Waals surface area contributed by atoms with Gasteiger partial charge in [-0.3, -0.25) is 5.01 Å². The molecule has 94 valence electrons. The minimum Gasteiger partial charge on any atom is -0.443 e. The van der Waals surface area contributed by atoms with Crippen LogP contribution in [-0.4, -0.2) is 18.7 Å². The van der Waals surface area contributed by atoms with E-state index in [-0.39, 0.29) is 0 Å². The molecule has 0 fully saturated rings. The Kier molecular flexibility index (Phi) is 3.99. The second kappa shape index (κ2) is 5.08. The second-order valence-electron chi connectivity index (χ2n) is 5.01. The van der Waals surface area contributed by atoms with E-state index in [1.165, 1.54) is 5.56 Å². The Balaban J connectivity index is 2.57. The number of carbonyl (C=O) groups excluding carboxylic acids is 1. The van der Waals surface area contributed by atoms with Crippen LogP contribution in [0.2, 0.25) is 0 Å². The molecule has 0 aliphatic carbocycles. The van der Waals surface area contributed by atoms with Crippen molar-refractivity contribution in [1.29, 1.82) is 0 Å². The Labute approximate surface area is 103 Å². The van der Waals surface area contributed by atoms with E-state index < -0.39 is 11.7 Å². The molecule has 0 atom stereocenters. The first-order valence-electron chi connectivity index (χ1n) is 5.58. The van der Waals surface area contributed by atoms with Crippen LogP contribution < -0.4 is 10.4 Å². The first-order valence-corrected chi connectivity index (χ1v) is 5.58. The van der Waals surface area contributed by atoms with E-state index in [0.717, 1.165) is 5.69 Å². The number of ether oxygens (including phenoxy) is 1. The van der Waals surface area contributed by atoms with E-state index in [2.05, 4.69) is 5.43 Å². The fraction of sp³-hybridized carbons (Fsp3) is 0.462. The standard InChI is InChI=1S/C13H20N2O2/c1-10-6-8-11(9-7-10)15(5)14-12(16)17-13(2,3)4/h6-9H,1-5H3,(H,14,16). The van der Waals surface area contributed by atoms with Crippen molar-refractivity contribution in [1.82, 2.24) is 5.43 Å².